The molecule has 1 saturated heterocycles. The summed E-state index contributed by atoms with van der Waals surface area (Å²) in [5.41, 5.74) is 5.69. The van der Waals surface area contributed by atoms with E-state index in [0.29, 0.717) is 12.0 Å². The van der Waals surface area contributed by atoms with Gasteiger partial charge in [-0.05, 0) is 25.7 Å². The van der Waals surface area contributed by atoms with Gasteiger partial charge in [0.2, 0.25) is 0 Å². The highest BCUT2D eigenvalue weighted by molar-refractivity contribution is 4.70. The molecule has 0 radical (unpaired) electrons. The summed E-state index contributed by atoms with van der Waals surface area (Å²) in [6, 6.07) is 0.310. The summed E-state index contributed by atoms with van der Waals surface area (Å²) in [6.07, 6.45) is 2.43. The van der Waals surface area contributed by atoms with E-state index in [1.54, 1.807) is 0 Å². The minimum atomic E-state index is 0.310. The van der Waals surface area contributed by atoms with Gasteiger partial charge in [0.25, 0.3) is 0 Å². The quantitative estimate of drug-likeness (QED) is 0.567. The average molecular weight is 129 g/mol. The van der Waals surface area contributed by atoms with Crippen LogP contribution >= 0.6 is 0 Å². The van der Waals surface area contributed by atoms with Crippen molar-refractivity contribution < 1.29 is 4.74 Å². The standard InChI is InChI=1S/C7H15NO/c1-6(8)7-3-2-4-9-5-7/h6-7H,2-5,8H2,1H3/t6-,7-/m0/s1. The smallest absolute Gasteiger partial charge is 0.0508 e. The molecule has 2 nitrogen and oxygen atoms in total. The number of hydrogen-bond donors (Lipinski definition) is 1. The lowest BCUT2D eigenvalue weighted by molar-refractivity contribution is 0.0472. The summed E-state index contributed by atoms with van der Waals surface area (Å²) >= 11 is 0. The first-order valence-corrected chi connectivity index (χ1v) is 3.64. The lowest BCUT2D eigenvalue weighted by Crippen LogP contribution is -2.33. The van der Waals surface area contributed by atoms with E-state index in [4.69, 9.17) is 10.5 Å². The van der Waals surface area contributed by atoms with Crippen LogP contribution in [-0.2, 0) is 4.74 Å². The molecule has 0 aromatic carbocycles. The molecule has 1 aliphatic heterocycles. The Balaban J connectivity index is 2.23. The fourth-order valence-corrected chi connectivity index (χ4v) is 1.18. The predicted octanol–water partition coefficient (Wildman–Crippen LogP) is 0.760. The van der Waals surface area contributed by atoms with Crippen LogP contribution in [0.25, 0.3) is 0 Å². The maximum atomic E-state index is 5.69. The average Bonchev–Trinajstić information content (AvgIpc) is 1.90. The van der Waals surface area contributed by atoms with E-state index >= 15 is 0 Å². The first-order valence-electron chi connectivity index (χ1n) is 3.64. The monoisotopic (exact) mass is 129 g/mol. The number of hydrogen-bond acceptors (Lipinski definition) is 2. The zero-order valence-electron chi connectivity index (χ0n) is 5.97. The van der Waals surface area contributed by atoms with Gasteiger partial charge in [-0.3, -0.25) is 0 Å². The van der Waals surface area contributed by atoms with Gasteiger partial charge in [0, 0.05) is 12.6 Å². The van der Waals surface area contributed by atoms with E-state index in [2.05, 4.69) is 6.92 Å². The molecular weight excluding hydrogens is 114 g/mol. The zero-order chi connectivity index (χ0) is 6.69. The highest BCUT2D eigenvalue weighted by Gasteiger charge is 2.16. The van der Waals surface area contributed by atoms with Crippen molar-refractivity contribution in [1.29, 1.82) is 0 Å². The van der Waals surface area contributed by atoms with E-state index in [1.807, 2.05) is 0 Å². The molecule has 1 rings (SSSR count). The van der Waals surface area contributed by atoms with E-state index < -0.39 is 0 Å². The van der Waals surface area contributed by atoms with Gasteiger partial charge in [-0.1, -0.05) is 0 Å². The minimum absolute atomic E-state index is 0.310. The van der Waals surface area contributed by atoms with Crippen molar-refractivity contribution in [3.63, 3.8) is 0 Å². The molecule has 0 aliphatic carbocycles. The van der Waals surface area contributed by atoms with Gasteiger partial charge in [-0.2, -0.15) is 0 Å². The Morgan fingerprint density at radius 1 is 1.67 bits per heavy atom. The molecule has 1 fully saturated rings. The van der Waals surface area contributed by atoms with Crippen LogP contribution in [0.5, 0.6) is 0 Å². The van der Waals surface area contributed by atoms with Crippen molar-refractivity contribution >= 4 is 0 Å². The molecule has 0 aromatic rings. The fraction of sp³-hybridized carbons (Fsp3) is 1.00. The van der Waals surface area contributed by atoms with Gasteiger partial charge in [0.1, 0.15) is 0 Å². The summed E-state index contributed by atoms with van der Waals surface area (Å²) in [5, 5.41) is 0. The SMILES string of the molecule is C[C@H](N)[C@H]1CCCOC1. The second-order valence-electron chi connectivity index (χ2n) is 2.84. The van der Waals surface area contributed by atoms with Gasteiger partial charge < -0.3 is 10.5 Å². The first kappa shape index (κ1) is 7.03. The van der Waals surface area contributed by atoms with Crippen LogP contribution < -0.4 is 5.73 Å². The van der Waals surface area contributed by atoms with E-state index in [0.717, 1.165) is 13.2 Å². The molecule has 2 heteroatoms. The molecule has 0 spiro atoms. The Morgan fingerprint density at radius 2 is 2.44 bits per heavy atom. The minimum Gasteiger partial charge on any atom is -0.381 e. The van der Waals surface area contributed by atoms with Crippen LogP contribution in [-0.4, -0.2) is 19.3 Å². The van der Waals surface area contributed by atoms with Crippen LogP contribution in [0.1, 0.15) is 19.8 Å². The lowest BCUT2D eigenvalue weighted by Gasteiger charge is -2.24. The van der Waals surface area contributed by atoms with Crippen LogP contribution in [0.2, 0.25) is 0 Å². The van der Waals surface area contributed by atoms with Crippen molar-refractivity contribution in [2.45, 2.75) is 25.8 Å². The molecule has 0 unspecified atom stereocenters. The second-order valence-corrected chi connectivity index (χ2v) is 2.84. The van der Waals surface area contributed by atoms with Gasteiger partial charge in [0.15, 0.2) is 0 Å². The third kappa shape index (κ3) is 1.95. The highest BCUT2D eigenvalue weighted by Crippen LogP contribution is 2.15. The summed E-state index contributed by atoms with van der Waals surface area (Å²) in [7, 11) is 0. The Hall–Kier alpha value is -0.0800. The Bertz CT molecular complexity index is 77.0. The number of ether oxygens (including phenoxy) is 1. The normalized spacial score (nSPS) is 32.0. The molecule has 0 saturated carbocycles. The largest absolute Gasteiger partial charge is 0.381 e. The van der Waals surface area contributed by atoms with Crippen LogP contribution in [0.4, 0.5) is 0 Å². The predicted molar refractivity (Wildman–Crippen MR) is 37.2 cm³/mol. The second kappa shape index (κ2) is 3.18. The number of rotatable bonds is 1. The Kier molecular flexibility index (Phi) is 2.49. The zero-order valence-corrected chi connectivity index (χ0v) is 5.97. The summed E-state index contributed by atoms with van der Waals surface area (Å²) < 4.78 is 5.26. The molecule has 0 bridgehead atoms. The molecule has 2 N–H and O–H groups in total. The van der Waals surface area contributed by atoms with Crippen molar-refractivity contribution in [1.82, 2.24) is 0 Å². The molecule has 9 heavy (non-hydrogen) atoms. The van der Waals surface area contributed by atoms with Crippen LogP contribution in [0, 0.1) is 5.92 Å². The third-order valence-electron chi connectivity index (χ3n) is 1.94. The molecular formula is C7H15NO. The molecule has 0 amide bonds. The van der Waals surface area contributed by atoms with E-state index in [-0.39, 0.29) is 0 Å². The van der Waals surface area contributed by atoms with Gasteiger partial charge >= 0.3 is 0 Å². The maximum absolute atomic E-state index is 5.69. The summed E-state index contributed by atoms with van der Waals surface area (Å²) in [4.78, 5) is 0. The van der Waals surface area contributed by atoms with Crippen molar-refractivity contribution in [2.24, 2.45) is 11.7 Å². The maximum Gasteiger partial charge on any atom is 0.0508 e. The van der Waals surface area contributed by atoms with Crippen molar-refractivity contribution in [2.75, 3.05) is 13.2 Å². The van der Waals surface area contributed by atoms with Gasteiger partial charge in [0.05, 0.1) is 6.61 Å². The molecule has 0 aromatic heterocycles. The van der Waals surface area contributed by atoms with Crippen molar-refractivity contribution in [3.8, 4) is 0 Å². The van der Waals surface area contributed by atoms with E-state index in [9.17, 15) is 0 Å². The topological polar surface area (TPSA) is 35.2 Å². The first-order chi connectivity index (χ1) is 4.30. The van der Waals surface area contributed by atoms with Gasteiger partial charge in [-0.25, -0.2) is 0 Å². The lowest BCUT2D eigenvalue weighted by atomic mass is 9.96. The Labute approximate surface area is 56.4 Å². The molecule has 54 valence electrons. The summed E-state index contributed by atoms with van der Waals surface area (Å²) in [6.45, 7) is 3.86. The third-order valence-corrected chi connectivity index (χ3v) is 1.94. The van der Waals surface area contributed by atoms with Crippen LogP contribution in [0.3, 0.4) is 0 Å². The molecule has 2 atom stereocenters. The summed E-state index contributed by atoms with van der Waals surface area (Å²) in [5.74, 6) is 0.610. The fourth-order valence-electron chi connectivity index (χ4n) is 1.18. The van der Waals surface area contributed by atoms with Crippen LogP contribution in [0.15, 0.2) is 0 Å². The number of nitrogens with two attached hydrogens (primary N) is 1. The highest BCUT2D eigenvalue weighted by atomic mass is 16.5. The van der Waals surface area contributed by atoms with Crippen molar-refractivity contribution in [3.05, 3.63) is 0 Å². The van der Waals surface area contributed by atoms with E-state index in [1.165, 1.54) is 12.8 Å². The van der Waals surface area contributed by atoms with Gasteiger partial charge in [-0.15, -0.1) is 0 Å². The molecule has 1 aliphatic rings. The Morgan fingerprint density at radius 3 is 2.78 bits per heavy atom. The molecule has 1 heterocycles.